The summed E-state index contributed by atoms with van der Waals surface area (Å²) in [6.45, 7) is 3.91. The van der Waals surface area contributed by atoms with E-state index in [9.17, 15) is 9.90 Å². The maximum absolute atomic E-state index is 12.2. The van der Waals surface area contributed by atoms with E-state index in [2.05, 4.69) is 6.58 Å². The van der Waals surface area contributed by atoms with E-state index in [0.29, 0.717) is 21.3 Å². The number of carbonyl (C=O) groups is 1. The van der Waals surface area contributed by atoms with Crippen molar-refractivity contribution in [3.63, 3.8) is 0 Å². The Morgan fingerprint density at radius 1 is 1.38 bits per heavy atom. The third-order valence-corrected chi connectivity index (χ3v) is 5.00. The van der Waals surface area contributed by atoms with Gasteiger partial charge in [-0.1, -0.05) is 64.9 Å². The highest BCUT2D eigenvalue weighted by Crippen LogP contribution is 2.42. The molecule has 1 aliphatic rings. The molecule has 8 heteroatoms. The van der Waals surface area contributed by atoms with Crippen molar-refractivity contribution < 1.29 is 9.90 Å². The molecule has 0 spiro atoms. The first kappa shape index (κ1) is 16.6. The monoisotopic (exact) mass is 379 g/mol. The summed E-state index contributed by atoms with van der Waals surface area (Å²) in [7, 11) is 0. The zero-order valence-corrected chi connectivity index (χ0v) is 14.3. The number of phenolic OH excluding ortho intramolecular Hbond substituents is 1. The van der Waals surface area contributed by atoms with Crippen LogP contribution in [0, 0.1) is 0 Å². The van der Waals surface area contributed by atoms with Crippen LogP contribution in [-0.2, 0) is 4.79 Å². The topological polar surface area (TPSA) is 40.5 Å². The van der Waals surface area contributed by atoms with Crippen LogP contribution in [0.5, 0.6) is 5.75 Å². The van der Waals surface area contributed by atoms with Crippen LogP contribution in [0.25, 0.3) is 6.08 Å². The molecule has 1 saturated heterocycles. The smallest absolute Gasteiger partial charge is 0.266 e. The molecule has 1 amide bonds. The lowest BCUT2D eigenvalue weighted by molar-refractivity contribution is -0.121. The number of halogens is 3. The van der Waals surface area contributed by atoms with Gasteiger partial charge < -0.3 is 5.11 Å². The van der Waals surface area contributed by atoms with Crippen molar-refractivity contribution in [2.45, 2.75) is 0 Å². The molecule has 3 nitrogen and oxygen atoms in total. The Balaban J connectivity index is 2.47. The van der Waals surface area contributed by atoms with Gasteiger partial charge in [0, 0.05) is 12.1 Å². The van der Waals surface area contributed by atoms with E-state index in [0.717, 1.165) is 11.8 Å². The number of hydrogen-bond donors (Lipinski definition) is 1. The molecule has 110 valence electrons. The van der Waals surface area contributed by atoms with Crippen LogP contribution in [0.1, 0.15) is 5.56 Å². The predicted octanol–water partition coefficient (Wildman–Crippen LogP) is 4.74. The van der Waals surface area contributed by atoms with Crippen LogP contribution in [0.15, 0.2) is 23.6 Å². The third kappa shape index (κ3) is 3.22. The highest BCUT2D eigenvalue weighted by Gasteiger charge is 2.31. The molecule has 2 rings (SSSR count). The number of thioether (sulfide) groups is 1. The summed E-state index contributed by atoms with van der Waals surface area (Å²) in [5.74, 6) is -0.540. The van der Waals surface area contributed by atoms with Gasteiger partial charge in [-0.2, -0.15) is 0 Å². The fourth-order valence-corrected chi connectivity index (χ4v) is 3.77. The van der Waals surface area contributed by atoms with Crippen molar-refractivity contribution in [2.75, 3.05) is 6.54 Å². The second-order valence-corrected chi connectivity index (χ2v) is 6.87. The predicted molar refractivity (Wildman–Crippen MR) is 93.2 cm³/mol. The Hall–Kier alpha value is -0.720. The van der Waals surface area contributed by atoms with Gasteiger partial charge in [0.05, 0.1) is 20.0 Å². The SMILES string of the molecule is C=CCN1C(=O)/C(=C\c2c(Cl)cc(Cl)c(O)c2Cl)SC1=S. The van der Waals surface area contributed by atoms with Crippen molar-refractivity contribution >= 4 is 75.1 Å². The molecule has 0 atom stereocenters. The van der Waals surface area contributed by atoms with Gasteiger partial charge in [0.15, 0.2) is 5.75 Å². The fourth-order valence-electron chi connectivity index (χ4n) is 1.64. The Morgan fingerprint density at radius 3 is 2.67 bits per heavy atom. The van der Waals surface area contributed by atoms with Crippen molar-refractivity contribution in [2.24, 2.45) is 0 Å². The van der Waals surface area contributed by atoms with Gasteiger partial charge in [0.2, 0.25) is 0 Å². The lowest BCUT2D eigenvalue weighted by Crippen LogP contribution is -2.27. The maximum Gasteiger partial charge on any atom is 0.266 e. The van der Waals surface area contributed by atoms with Crippen molar-refractivity contribution in [3.05, 3.63) is 44.3 Å². The van der Waals surface area contributed by atoms with Gasteiger partial charge in [-0.15, -0.1) is 6.58 Å². The number of benzene rings is 1. The molecule has 1 aromatic carbocycles. The number of rotatable bonds is 3. The lowest BCUT2D eigenvalue weighted by atomic mass is 10.2. The zero-order valence-electron chi connectivity index (χ0n) is 10.4. The van der Waals surface area contributed by atoms with Crippen LogP contribution in [-0.4, -0.2) is 26.8 Å². The van der Waals surface area contributed by atoms with Gasteiger partial charge in [-0.05, 0) is 12.1 Å². The summed E-state index contributed by atoms with van der Waals surface area (Å²) in [4.78, 5) is 14.0. The van der Waals surface area contributed by atoms with Gasteiger partial charge in [-0.25, -0.2) is 0 Å². The number of aromatic hydroxyl groups is 1. The number of nitrogens with zero attached hydrogens (tertiary/aromatic N) is 1. The van der Waals surface area contributed by atoms with Crippen molar-refractivity contribution in [3.8, 4) is 5.75 Å². The quantitative estimate of drug-likeness (QED) is 0.467. The van der Waals surface area contributed by atoms with Crippen LogP contribution in [0.3, 0.4) is 0 Å². The van der Waals surface area contributed by atoms with Crippen molar-refractivity contribution in [1.29, 1.82) is 0 Å². The lowest BCUT2D eigenvalue weighted by Gasteiger charge is -2.10. The summed E-state index contributed by atoms with van der Waals surface area (Å²) >= 11 is 24.1. The molecular weight excluding hydrogens is 373 g/mol. The summed E-state index contributed by atoms with van der Waals surface area (Å²) in [5.41, 5.74) is 0.319. The molecule has 0 radical (unpaired) electrons. The molecular formula is C13H8Cl3NO2S2. The summed E-state index contributed by atoms with van der Waals surface area (Å²) in [5, 5.41) is 10.0. The summed E-state index contributed by atoms with van der Waals surface area (Å²) in [6, 6.07) is 1.36. The van der Waals surface area contributed by atoms with Gasteiger partial charge in [-0.3, -0.25) is 9.69 Å². The first-order valence-electron chi connectivity index (χ1n) is 5.59. The molecule has 1 heterocycles. The standard InChI is InChI=1S/C13H8Cl3NO2S2/c1-2-3-17-12(19)9(21-13(17)20)4-6-7(14)5-8(15)11(18)10(6)16/h2,4-5,18H,1,3H2/b9-4+. The molecule has 0 bridgehead atoms. The number of amides is 1. The minimum Gasteiger partial charge on any atom is -0.505 e. The maximum atomic E-state index is 12.2. The third-order valence-electron chi connectivity index (χ3n) is 2.64. The summed E-state index contributed by atoms with van der Waals surface area (Å²) < 4.78 is 0.427. The van der Waals surface area contributed by atoms with E-state index >= 15 is 0 Å². The molecule has 0 saturated carbocycles. The number of thiocarbonyl (C=S) groups is 1. The number of carbonyl (C=O) groups excluding carboxylic acids is 1. The van der Waals surface area contributed by atoms with E-state index < -0.39 is 0 Å². The first-order valence-corrected chi connectivity index (χ1v) is 7.95. The largest absolute Gasteiger partial charge is 0.505 e. The molecule has 0 unspecified atom stereocenters. The van der Waals surface area contributed by atoms with Gasteiger partial charge in [0.1, 0.15) is 4.32 Å². The van der Waals surface area contributed by atoms with E-state index in [1.54, 1.807) is 6.08 Å². The Morgan fingerprint density at radius 2 is 2.05 bits per heavy atom. The highest BCUT2D eigenvalue weighted by atomic mass is 35.5. The van der Waals surface area contributed by atoms with Crippen LogP contribution in [0.4, 0.5) is 0 Å². The van der Waals surface area contributed by atoms with Gasteiger partial charge in [0.25, 0.3) is 5.91 Å². The molecule has 1 aliphatic heterocycles. The highest BCUT2D eigenvalue weighted by molar-refractivity contribution is 8.26. The molecule has 21 heavy (non-hydrogen) atoms. The minimum absolute atomic E-state index is 0.0125. The average molecular weight is 381 g/mol. The van der Waals surface area contributed by atoms with E-state index in [1.165, 1.54) is 17.0 Å². The van der Waals surface area contributed by atoms with Crippen molar-refractivity contribution in [1.82, 2.24) is 4.90 Å². The van der Waals surface area contributed by atoms with E-state index in [-0.39, 0.29) is 26.7 Å². The minimum atomic E-state index is -0.282. The number of phenols is 1. The number of hydrogen-bond acceptors (Lipinski definition) is 4. The Labute approximate surface area is 146 Å². The van der Waals surface area contributed by atoms with Crippen LogP contribution < -0.4 is 0 Å². The molecule has 0 aromatic heterocycles. The Bertz CT molecular complexity index is 688. The van der Waals surface area contributed by atoms with Gasteiger partial charge >= 0.3 is 0 Å². The van der Waals surface area contributed by atoms with Crippen LogP contribution in [0.2, 0.25) is 15.1 Å². The second kappa shape index (κ2) is 6.58. The summed E-state index contributed by atoms with van der Waals surface area (Å²) in [6.07, 6.45) is 3.07. The molecule has 1 N–H and O–H groups in total. The Kier molecular flexibility index (Phi) is 5.22. The van der Waals surface area contributed by atoms with Crippen LogP contribution >= 0.6 is 58.8 Å². The van der Waals surface area contributed by atoms with E-state index in [1.807, 2.05) is 0 Å². The second-order valence-electron chi connectivity index (χ2n) is 4.00. The first-order chi connectivity index (χ1) is 9.86. The molecule has 1 fully saturated rings. The fraction of sp³-hybridized carbons (Fsp3) is 0.0769. The zero-order chi connectivity index (χ0) is 15.7. The molecule has 0 aliphatic carbocycles. The molecule has 1 aromatic rings. The average Bonchev–Trinajstić information content (AvgIpc) is 2.69. The normalized spacial score (nSPS) is 16.9. The van der Waals surface area contributed by atoms with E-state index in [4.69, 9.17) is 47.0 Å².